The molecule has 0 aliphatic rings. The summed E-state index contributed by atoms with van der Waals surface area (Å²) in [6.45, 7) is 1.72. The summed E-state index contributed by atoms with van der Waals surface area (Å²) in [5.41, 5.74) is 0. The molecule has 0 radical (unpaired) electrons. The van der Waals surface area contributed by atoms with Crippen LogP contribution >= 0.6 is 0 Å². The van der Waals surface area contributed by atoms with Crippen molar-refractivity contribution in [1.29, 1.82) is 0 Å². The van der Waals surface area contributed by atoms with Gasteiger partial charge in [0, 0.05) is 6.54 Å². The fourth-order valence-electron chi connectivity index (χ4n) is 2.81. The lowest BCUT2D eigenvalue weighted by molar-refractivity contribution is -0.156. The molecule has 0 rings (SSSR count). The molecule has 27 heavy (non-hydrogen) atoms. The molecule has 0 bridgehead atoms. The van der Waals surface area contributed by atoms with Crippen LogP contribution < -0.4 is 5.32 Å². The second-order valence-electron chi connectivity index (χ2n) is 7.14. The predicted octanol–water partition coefficient (Wildman–Crippen LogP) is -0.180. The molecule has 8 heteroatoms. The Hall–Kier alpha value is -0.770. The lowest BCUT2D eigenvalue weighted by Crippen LogP contribution is -2.54. The Morgan fingerprint density at radius 1 is 0.741 bits per heavy atom. The zero-order valence-electron chi connectivity index (χ0n) is 16.5. The highest BCUT2D eigenvalue weighted by Crippen LogP contribution is 2.11. The topological polar surface area (TPSA) is 150 Å². The van der Waals surface area contributed by atoms with Crippen LogP contribution in [0.15, 0.2) is 0 Å². The third-order valence-electron chi connectivity index (χ3n) is 4.70. The number of carbonyl (C=O) groups is 1. The van der Waals surface area contributed by atoms with E-state index in [1.54, 1.807) is 0 Å². The molecule has 0 saturated carbocycles. The van der Waals surface area contributed by atoms with Crippen molar-refractivity contribution < 1.29 is 35.4 Å². The van der Waals surface area contributed by atoms with E-state index in [-0.39, 0.29) is 0 Å². The van der Waals surface area contributed by atoms with Crippen molar-refractivity contribution in [3.05, 3.63) is 0 Å². The minimum atomic E-state index is -1.98. The van der Waals surface area contributed by atoms with Crippen LogP contribution in [0.3, 0.4) is 0 Å². The summed E-state index contributed by atoms with van der Waals surface area (Å²) in [7, 11) is 0. The Bertz CT molecular complexity index is 370. The molecule has 5 atom stereocenters. The number of amides is 1. The van der Waals surface area contributed by atoms with E-state index in [0.717, 1.165) is 19.3 Å². The number of aliphatic hydroxyl groups excluding tert-OH is 6. The number of hydrogen-bond donors (Lipinski definition) is 7. The molecular weight excluding hydrogens is 354 g/mol. The van der Waals surface area contributed by atoms with Crippen LogP contribution in [0.1, 0.15) is 71.1 Å². The second kappa shape index (κ2) is 16.2. The van der Waals surface area contributed by atoms with Gasteiger partial charge < -0.3 is 36.0 Å². The normalized spacial score (nSPS) is 17.1. The number of aliphatic hydroxyl groups is 6. The molecular formula is C19H39NO7. The molecule has 162 valence electrons. The van der Waals surface area contributed by atoms with E-state index in [2.05, 4.69) is 12.2 Å². The van der Waals surface area contributed by atoms with Gasteiger partial charge in [-0.05, 0) is 6.42 Å². The molecule has 0 aliphatic heterocycles. The minimum Gasteiger partial charge on any atom is -0.394 e. The molecule has 0 aromatic heterocycles. The molecule has 0 aromatic rings. The maximum atomic E-state index is 11.8. The minimum absolute atomic E-state index is 0.344. The van der Waals surface area contributed by atoms with Gasteiger partial charge in [0.2, 0.25) is 0 Å². The average Bonchev–Trinajstić information content (AvgIpc) is 2.68. The maximum absolute atomic E-state index is 11.8. The average molecular weight is 394 g/mol. The molecule has 0 saturated heterocycles. The fourth-order valence-corrected chi connectivity index (χ4v) is 2.81. The van der Waals surface area contributed by atoms with Crippen LogP contribution in [-0.2, 0) is 4.79 Å². The second-order valence-corrected chi connectivity index (χ2v) is 7.14. The van der Waals surface area contributed by atoms with Gasteiger partial charge in [0.05, 0.1) is 6.61 Å². The van der Waals surface area contributed by atoms with Gasteiger partial charge in [-0.15, -0.1) is 0 Å². The summed E-state index contributed by atoms with van der Waals surface area (Å²) in [5, 5.41) is 59.0. The maximum Gasteiger partial charge on any atom is 0.251 e. The number of rotatable bonds is 17. The van der Waals surface area contributed by atoms with Crippen LogP contribution in [0.4, 0.5) is 0 Å². The third-order valence-corrected chi connectivity index (χ3v) is 4.70. The molecule has 1 amide bonds. The summed E-state index contributed by atoms with van der Waals surface area (Å²) in [5.74, 6) is -0.858. The van der Waals surface area contributed by atoms with E-state index in [4.69, 9.17) is 5.11 Å². The van der Waals surface area contributed by atoms with Crippen molar-refractivity contribution in [2.45, 2.75) is 102 Å². The molecule has 0 heterocycles. The smallest absolute Gasteiger partial charge is 0.251 e. The van der Waals surface area contributed by atoms with E-state index in [0.29, 0.717) is 6.54 Å². The van der Waals surface area contributed by atoms with Crippen LogP contribution in [0.2, 0.25) is 0 Å². The first-order chi connectivity index (χ1) is 12.9. The molecule has 7 N–H and O–H groups in total. The van der Waals surface area contributed by atoms with Gasteiger partial charge in [-0.25, -0.2) is 0 Å². The van der Waals surface area contributed by atoms with Crippen LogP contribution in [0, 0.1) is 0 Å². The predicted molar refractivity (Wildman–Crippen MR) is 102 cm³/mol. The van der Waals surface area contributed by atoms with Gasteiger partial charge in [0.15, 0.2) is 6.10 Å². The largest absolute Gasteiger partial charge is 0.394 e. The van der Waals surface area contributed by atoms with Gasteiger partial charge in [-0.1, -0.05) is 64.7 Å². The summed E-state index contributed by atoms with van der Waals surface area (Å²) in [4.78, 5) is 11.8. The van der Waals surface area contributed by atoms with E-state index >= 15 is 0 Å². The zero-order valence-corrected chi connectivity index (χ0v) is 16.5. The van der Waals surface area contributed by atoms with Gasteiger partial charge in [-0.2, -0.15) is 0 Å². The van der Waals surface area contributed by atoms with Gasteiger partial charge in [-0.3, -0.25) is 4.79 Å². The monoisotopic (exact) mass is 393 g/mol. The van der Waals surface area contributed by atoms with Crippen molar-refractivity contribution in [3.8, 4) is 0 Å². The van der Waals surface area contributed by atoms with Crippen LogP contribution in [0.25, 0.3) is 0 Å². The SMILES string of the molecule is CCCCCCCCCCCCNC(=O)[C@H](O)[C@H](O)[C@@H](O)[C@H](O)[C@H](O)CO. The summed E-state index contributed by atoms with van der Waals surface area (Å²) in [6, 6.07) is 0. The van der Waals surface area contributed by atoms with Gasteiger partial charge in [0.25, 0.3) is 5.91 Å². The molecule has 0 fully saturated rings. The standard InChI is InChI=1S/C19H39NO7/c1-2-3-4-5-6-7-8-9-10-11-12-20-19(27)18(26)17(25)16(24)15(23)14(22)13-21/h14-18,21-26H,2-13H2,1H3,(H,20,27)/t14-,15-,16+,17-,18-/m1/s1. The van der Waals surface area contributed by atoms with E-state index < -0.39 is 43.0 Å². The van der Waals surface area contributed by atoms with Crippen molar-refractivity contribution in [1.82, 2.24) is 5.32 Å². The van der Waals surface area contributed by atoms with Gasteiger partial charge in [0.1, 0.15) is 24.4 Å². The summed E-state index contributed by atoms with van der Waals surface area (Å²) < 4.78 is 0. The van der Waals surface area contributed by atoms with Crippen molar-refractivity contribution >= 4 is 5.91 Å². The molecule has 8 nitrogen and oxygen atoms in total. The highest BCUT2D eigenvalue weighted by Gasteiger charge is 2.36. The van der Waals surface area contributed by atoms with Crippen molar-refractivity contribution in [2.75, 3.05) is 13.2 Å². The van der Waals surface area contributed by atoms with Crippen molar-refractivity contribution in [3.63, 3.8) is 0 Å². The lowest BCUT2D eigenvalue weighted by Gasteiger charge is -2.27. The fraction of sp³-hybridized carbons (Fsp3) is 0.947. The number of unbranched alkanes of at least 4 members (excludes halogenated alkanes) is 9. The lowest BCUT2D eigenvalue weighted by atomic mass is 9.99. The van der Waals surface area contributed by atoms with E-state index in [9.17, 15) is 30.3 Å². The number of nitrogens with one attached hydrogen (secondary N) is 1. The van der Waals surface area contributed by atoms with Gasteiger partial charge >= 0.3 is 0 Å². The molecule has 0 spiro atoms. The first-order valence-electron chi connectivity index (χ1n) is 10.2. The molecule has 0 unspecified atom stereocenters. The zero-order chi connectivity index (χ0) is 20.7. The van der Waals surface area contributed by atoms with Crippen LogP contribution in [0.5, 0.6) is 0 Å². The Morgan fingerprint density at radius 2 is 1.22 bits per heavy atom. The molecule has 0 aliphatic carbocycles. The highest BCUT2D eigenvalue weighted by atomic mass is 16.4. The third kappa shape index (κ3) is 11.6. The first kappa shape index (κ1) is 26.2. The number of carbonyl (C=O) groups excluding carboxylic acids is 1. The van der Waals surface area contributed by atoms with E-state index in [1.165, 1.54) is 44.9 Å². The Kier molecular flexibility index (Phi) is 15.7. The Balaban J connectivity index is 3.82. The van der Waals surface area contributed by atoms with Crippen LogP contribution in [-0.4, -0.2) is 80.2 Å². The molecule has 0 aromatic carbocycles. The number of hydrogen-bond acceptors (Lipinski definition) is 7. The quantitative estimate of drug-likeness (QED) is 0.169. The summed E-state index contributed by atoms with van der Waals surface area (Å²) in [6.07, 6.45) is 2.14. The van der Waals surface area contributed by atoms with Crippen molar-refractivity contribution in [2.24, 2.45) is 0 Å². The highest BCUT2D eigenvalue weighted by molar-refractivity contribution is 5.81. The Labute approximate surface area is 162 Å². The van der Waals surface area contributed by atoms with E-state index in [1.807, 2.05) is 0 Å². The Morgan fingerprint density at radius 3 is 1.70 bits per heavy atom. The first-order valence-corrected chi connectivity index (χ1v) is 10.2. The summed E-state index contributed by atoms with van der Waals surface area (Å²) >= 11 is 0.